The minimum Gasteiger partial charge on any atom is -0.465 e. The number of rotatable bonds is 6. The number of methoxy groups -OCH3 is 4. The molecule has 11 rings (SSSR count). The standard InChI is InChI=1S/C16H14O4.C14H19BO4.C14H10Br2.C14H12.C8H7BrO2.4C2H3N.4C2H6/c1-19-15(17)13-9-5-3-7-11(13)12-8-4-6-10-14(12)16(18)20-2;1-13(2)14(3,4)19-15(18-13)11-9-7-6-8-10(11)12(16)17-5;15-11-3-5-13-9(7-11)1-2-10-8-12(16)4-6-14(10)13;1-3-7-13-11(5-1)9-10-12-6-2-4-8-14(12)13;1-11-8(10)6-4-2-3-5-7(6)9;4*1-3-2;4*1-2/h3-10H,1-2H3;6-9H,1-5H3;3-8H,1-2H2;1-8H,9-10H2;2-5H,1H3;4*1H3;4*1-2H3. The summed E-state index contributed by atoms with van der Waals surface area (Å²) < 4.78 is 33.9. The van der Waals surface area contributed by atoms with Crippen LogP contribution in [0.4, 0.5) is 0 Å². The Kier molecular flexibility index (Phi) is 49.3. The zero-order chi connectivity index (χ0) is 76.4. The highest BCUT2D eigenvalue weighted by Crippen LogP contribution is 2.38. The average molecular weight is 1550 g/mol. The molecule has 100 heavy (non-hydrogen) atoms. The van der Waals surface area contributed by atoms with Crippen LogP contribution in [0.3, 0.4) is 0 Å². The summed E-state index contributed by atoms with van der Waals surface area (Å²) >= 11 is 10.3. The molecule has 1 aliphatic heterocycles. The summed E-state index contributed by atoms with van der Waals surface area (Å²) in [5.41, 5.74) is 14.5. The van der Waals surface area contributed by atoms with Crippen molar-refractivity contribution in [3.8, 4) is 33.4 Å². The number of ether oxygens (including phenoxy) is 4. The van der Waals surface area contributed by atoms with Crippen LogP contribution in [0.5, 0.6) is 0 Å². The number of hydrogen-bond acceptors (Lipinski definition) is 10. The van der Waals surface area contributed by atoms with Gasteiger partial charge in [-0.3, -0.25) is 0 Å². The van der Waals surface area contributed by atoms with Crippen LogP contribution >= 0.6 is 47.8 Å². The summed E-state index contributed by atoms with van der Waals surface area (Å²) in [5, 5.41) is 0. The molecule has 0 saturated carbocycles. The molecule has 14 nitrogen and oxygen atoms in total. The van der Waals surface area contributed by atoms with Crippen molar-refractivity contribution in [2.24, 2.45) is 0 Å². The highest BCUT2D eigenvalue weighted by atomic mass is 79.9. The second-order valence-corrected chi connectivity index (χ2v) is 23.2. The minimum atomic E-state index is -0.555. The van der Waals surface area contributed by atoms with Crippen LogP contribution in [0.2, 0.25) is 0 Å². The van der Waals surface area contributed by atoms with Crippen molar-refractivity contribution in [2.75, 3.05) is 56.6 Å². The Morgan fingerprint density at radius 2 is 0.610 bits per heavy atom. The Labute approximate surface area is 623 Å². The van der Waals surface area contributed by atoms with E-state index in [0.29, 0.717) is 38.8 Å². The fourth-order valence-corrected chi connectivity index (χ4v) is 10.6. The molecule has 0 bridgehead atoms. The van der Waals surface area contributed by atoms with E-state index in [4.69, 9.17) is 49.8 Å². The van der Waals surface area contributed by atoms with Crippen LogP contribution in [0, 0.1) is 26.3 Å². The Balaban J connectivity index is 0. The number of aryl methyl sites for hydroxylation is 4. The van der Waals surface area contributed by atoms with Gasteiger partial charge in [0.25, 0.3) is 0 Å². The van der Waals surface area contributed by atoms with E-state index in [1.807, 2.05) is 101 Å². The van der Waals surface area contributed by atoms with Crippen molar-refractivity contribution in [1.82, 2.24) is 0 Å². The van der Waals surface area contributed by atoms with E-state index < -0.39 is 30.3 Å². The van der Waals surface area contributed by atoms with Gasteiger partial charge in [0, 0.05) is 13.4 Å². The lowest BCUT2D eigenvalue weighted by atomic mass is 9.76. The summed E-state index contributed by atoms with van der Waals surface area (Å²) in [6, 6.07) is 58.9. The Bertz CT molecular complexity index is 3720. The molecule has 3 aliphatic rings. The highest BCUT2D eigenvalue weighted by Gasteiger charge is 2.52. The molecule has 0 atom stereocenters. The number of carbonyl (C=O) groups is 4. The van der Waals surface area contributed by atoms with Gasteiger partial charge in [-0.1, -0.05) is 215 Å². The number of hydrogen-bond donors (Lipinski definition) is 0. The van der Waals surface area contributed by atoms with Crippen molar-refractivity contribution in [1.29, 1.82) is 0 Å². The first-order valence-electron chi connectivity index (χ1n) is 32.5. The van der Waals surface area contributed by atoms with E-state index in [1.54, 1.807) is 78.9 Å². The second kappa shape index (κ2) is 53.0. The predicted molar refractivity (Wildman–Crippen MR) is 423 cm³/mol. The average Bonchev–Trinajstić information content (AvgIpc) is 1.64. The highest BCUT2D eigenvalue weighted by molar-refractivity contribution is 9.11. The normalized spacial score (nSPS) is 11.4. The van der Waals surface area contributed by atoms with Crippen molar-refractivity contribution >= 4 is 84.2 Å². The summed E-state index contributed by atoms with van der Waals surface area (Å²) in [6.07, 6.45) is 4.65. The zero-order valence-corrected chi connectivity index (χ0v) is 66.5. The fraction of sp³-hybridized carbons (Fsp3) is 0.317. The topological polar surface area (TPSA) is 141 Å². The van der Waals surface area contributed by atoms with Crippen LogP contribution < -0.4 is 5.46 Å². The molecular formula is C82H98BBr3N4O10. The van der Waals surface area contributed by atoms with Crippen LogP contribution in [-0.4, -0.2) is 98.8 Å². The number of fused-ring (bicyclic) bond motifs is 6. The second-order valence-electron chi connectivity index (χ2n) is 20.5. The molecule has 8 aromatic carbocycles. The minimum absolute atomic E-state index is 0.322. The Morgan fingerprint density at radius 3 is 0.950 bits per heavy atom. The lowest BCUT2D eigenvalue weighted by Crippen LogP contribution is -2.41. The summed E-state index contributed by atoms with van der Waals surface area (Å²) in [7, 11) is 10.5. The molecule has 0 N–H and O–H groups in total. The van der Waals surface area contributed by atoms with Gasteiger partial charge in [0.15, 0.2) is 0 Å². The third-order valence-corrected chi connectivity index (χ3v) is 15.9. The molecular weight excluding hydrogens is 1450 g/mol. The SMILES string of the molecule is Brc1ccc2c(c1)CCc1cc(Br)ccc1-2.CC.CC.CC.CC.COC(=O)c1ccccc1-c1ccccc1C(=O)OC.COC(=O)c1ccccc1B1OC(C)(C)C(C)(C)O1.COC(=O)c1ccccc1Br.[C-]#[N+]C.[C-]#[N+]C.[C-]#[N+]C.[C-]#[N+]C.c1ccc2c(c1)CCc1ccccc1-2. The van der Waals surface area contributed by atoms with Gasteiger partial charge >= 0.3 is 31.0 Å². The molecule has 0 spiro atoms. The first-order chi connectivity index (χ1) is 48.1. The van der Waals surface area contributed by atoms with Crippen molar-refractivity contribution in [2.45, 2.75) is 120 Å². The van der Waals surface area contributed by atoms with Crippen molar-refractivity contribution < 1.29 is 47.4 Å². The lowest BCUT2D eigenvalue weighted by Gasteiger charge is -2.32. The third-order valence-electron chi connectivity index (χ3n) is 14.2. The van der Waals surface area contributed by atoms with Crippen LogP contribution in [0.25, 0.3) is 52.8 Å². The quantitative estimate of drug-likeness (QED) is 0.0684. The number of nitrogens with zero attached hydrogens (tertiary/aromatic N) is 4. The number of esters is 4. The molecule has 1 saturated heterocycles. The zero-order valence-electron chi connectivity index (χ0n) is 61.7. The molecule has 530 valence electrons. The van der Waals surface area contributed by atoms with Gasteiger partial charge in [0.05, 0.1) is 61.9 Å². The van der Waals surface area contributed by atoms with E-state index in [9.17, 15) is 19.2 Å². The van der Waals surface area contributed by atoms with Crippen LogP contribution in [0.1, 0.15) is 147 Å². The monoisotopic (exact) mass is 1550 g/mol. The first kappa shape index (κ1) is 93.1. The van der Waals surface area contributed by atoms with Gasteiger partial charge in [0.2, 0.25) is 28.2 Å². The molecule has 1 heterocycles. The first-order valence-corrected chi connectivity index (χ1v) is 34.9. The lowest BCUT2D eigenvalue weighted by molar-refractivity contribution is 0.00578. The third kappa shape index (κ3) is 29.8. The molecule has 8 aromatic rings. The Morgan fingerprint density at radius 1 is 0.360 bits per heavy atom. The summed E-state index contributed by atoms with van der Waals surface area (Å²) in [4.78, 5) is 57.4. The molecule has 0 radical (unpaired) electrons. The van der Waals surface area contributed by atoms with Crippen molar-refractivity contribution in [3.63, 3.8) is 0 Å². The van der Waals surface area contributed by atoms with Gasteiger partial charge < -0.3 is 47.6 Å². The van der Waals surface area contributed by atoms with E-state index in [2.05, 4.69) is 157 Å². The molecule has 0 unspecified atom stereocenters. The van der Waals surface area contributed by atoms with Gasteiger partial charge in [0.1, 0.15) is 0 Å². The maximum atomic E-state index is 11.8. The summed E-state index contributed by atoms with van der Waals surface area (Å²) in [6.45, 7) is 47.3. The molecule has 0 amide bonds. The number of benzene rings is 8. The molecule has 18 heteroatoms. The van der Waals surface area contributed by atoms with Gasteiger partial charge in [-0.25, -0.2) is 45.5 Å². The van der Waals surface area contributed by atoms with Gasteiger partial charge in [-0.2, -0.15) is 0 Å². The molecule has 0 aromatic heterocycles. The fourth-order valence-electron chi connectivity index (χ4n) is 9.32. The number of carbonyl (C=O) groups excluding carboxylic acids is 4. The predicted octanol–water partition coefficient (Wildman–Crippen LogP) is 21.6. The van der Waals surface area contributed by atoms with Gasteiger partial charge in [-0.15, -0.1) is 0 Å². The summed E-state index contributed by atoms with van der Waals surface area (Å²) in [5.74, 6) is -1.59. The largest absolute Gasteiger partial charge is 0.495 e. The maximum Gasteiger partial charge on any atom is 0.495 e. The maximum absolute atomic E-state index is 11.8. The number of halogens is 3. The smallest absolute Gasteiger partial charge is 0.465 e. The van der Waals surface area contributed by atoms with Crippen molar-refractivity contribution in [3.05, 3.63) is 286 Å². The van der Waals surface area contributed by atoms with Gasteiger partial charge in [-0.05, 0) is 185 Å². The molecule has 2 aliphatic carbocycles. The molecule has 1 fully saturated rings. The van der Waals surface area contributed by atoms with E-state index >= 15 is 0 Å². The van der Waals surface area contributed by atoms with E-state index in [-0.39, 0.29) is 11.9 Å². The van der Waals surface area contributed by atoms with Crippen LogP contribution in [0.15, 0.2) is 195 Å². The van der Waals surface area contributed by atoms with Crippen LogP contribution in [-0.2, 0) is 53.9 Å². The Hall–Kier alpha value is -8.98. The van der Waals surface area contributed by atoms with E-state index in [1.165, 1.54) is 123 Å². The van der Waals surface area contributed by atoms with E-state index in [0.717, 1.165) is 17.3 Å².